The van der Waals surface area contributed by atoms with Gasteiger partial charge in [-0.1, -0.05) is 0 Å². The molecule has 1 heterocycles. The zero-order chi connectivity index (χ0) is 11.3. The van der Waals surface area contributed by atoms with Crippen LogP contribution in [-0.2, 0) is 9.53 Å². The standard InChI is InChI=1S/C9H16N4O2/c10-5-7(9(12)14)8(11)13-6-1-3-15-4-2-6/h5-6H,1-4,10H2,(H2,11,13)(H2,12,14). The van der Waals surface area contributed by atoms with Crippen molar-refractivity contribution in [2.24, 2.45) is 22.2 Å². The Balaban J connectivity index is 2.68. The lowest BCUT2D eigenvalue weighted by molar-refractivity contribution is -0.114. The van der Waals surface area contributed by atoms with E-state index < -0.39 is 5.91 Å². The number of primary amides is 1. The summed E-state index contributed by atoms with van der Waals surface area (Å²) in [7, 11) is 0. The van der Waals surface area contributed by atoms with E-state index in [0.29, 0.717) is 13.2 Å². The van der Waals surface area contributed by atoms with E-state index >= 15 is 0 Å². The maximum Gasteiger partial charge on any atom is 0.253 e. The highest BCUT2D eigenvalue weighted by molar-refractivity contribution is 6.19. The predicted octanol–water partition coefficient (Wildman–Crippen LogP) is -1.15. The summed E-state index contributed by atoms with van der Waals surface area (Å²) in [4.78, 5) is 15.1. The van der Waals surface area contributed by atoms with E-state index in [0.717, 1.165) is 19.0 Å². The molecular formula is C9H16N4O2. The van der Waals surface area contributed by atoms with Crippen molar-refractivity contribution >= 4 is 11.7 Å². The summed E-state index contributed by atoms with van der Waals surface area (Å²) in [5.74, 6) is -0.553. The number of aliphatic imine (C=N–C) groups is 1. The summed E-state index contributed by atoms with van der Waals surface area (Å²) in [6.07, 6.45) is 2.69. The van der Waals surface area contributed by atoms with Crippen LogP contribution in [0, 0.1) is 0 Å². The molecule has 0 aromatic rings. The Morgan fingerprint density at radius 2 is 1.93 bits per heavy atom. The number of amides is 1. The van der Waals surface area contributed by atoms with Gasteiger partial charge >= 0.3 is 0 Å². The monoisotopic (exact) mass is 212 g/mol. The van der Waals surface area contributed by atoms with Crippen LogP contribution in [-0.4, -0.2) is 31.0 Å². The van der Waals surface area contributed by atoms with Crippen LogP contribution < -0.4 is 17.2 Å². The number of amidine groups is 1. The minimum Gasteiger partial charge on any atom is -0.404 e. The average Bonchev–Trinajstić information content (AvgIpc) is 2.19. The zero-order valence-corrected chi connectivity index (χ0v) is 8.48. The fraction of sp³-hybridized carbons (Fsp3) is 0.556. The van der Waals surface area contributed by atoms with Crippen molar-refractivity contribution in [3.05, 3.63) is 11.8 Å². The van der Waals surface area contributed by atoms with Crippen molar-refractivity contribution in [2.45, 2.75) is 18.9 Å². The Morgan fingerprint density at radius 1 is 1.33 bits per heavy atom. The molecule has 0 unspecified atom stereocenters. The van der Waals surface area contributed by atoms with Gasteiger partial charge in [0.25, 0.3) is 5.91 Å². The smallest absolute Gasteiger partial charge is 0.253 e. The lowest BCUT2D eigenvalue weighted by Gasteiger charge is -2.19. The summed E-state index contributed by atoms with van der Waals surface area (Å²) >= 11 is 0. The van der Waals surface area contributed by atoms with E-state index in [1.165, 1.54) is 0 Å². The zero-order valence-electron chi connectivity index (χ0n) is 8.48. The van der Waals surface area contributed by atoms with Crippen molar-refractivity contribution in [3.8, 4) is 0 Å². The average molecular weight is 212 g/mol. The minimum atomic E-state index is -0.661. The highest BCUT2D eigenvalue weighted by Gasteiger charge is 2.15. The molecule has 6 nitrogen and oxygen atoms in total. The van der Waals surface area contributed by atoms with Gasteiger partial charge < -0.3 is 21.9 Å². The molecule has 0 aromatic heterocycles. The van der Waals surface area contributed by atoms with Gasteiger partial charge in [0, 0.05) is 19.4 Å². The summed E-state index contributed by atoms with van der Waals surface area (Å²) in [6.45, 7) is 1.33. The lowest BCUT2D eigenvalue weighted by atomic mass is 10.1. The number of nitrogens with two attached hydrogens (primary N) is 3. The number of carbonyl (C=O) groups excluding carboxylic acids is 1. The first-order valence-electron chi connectivity index (χ1n) is 4.78. The highest BCUT2D eigenvalue weighted by atomic mass is 16.5. The highest BCUT2D eigenvalue weighted by Crippen LogP contribution is 2.11. The third-order valence-corrected chi connectivity index (χ3v) is 2.22. The van der Waals surface area contributed by atoms with Crippen LogP contribution in [0.4, 0.5) is 0 Å². The van der Waals surface area contributed by atoms with Gasteiger partial charge in [0.05, 0.1) is 11.6 Å². The maximum atomic E-state index is 10.9. The molecule has 0 radical (unpaired) electrons. The second-order valence-electron chi connectivity index (χ2n) is 3.30. The van der Waals surface area contributed by atoms with Gasteiger partial charge in [0.2, 0.25) is 0 Å². The van der Waals surface area contributed by atoms with E-state index in [9.17, 15) is 4.79 Å². The molecule has 1 fully saturated rings. The molecule has 0 aliphatic carbocycles. The molecule has 1 aliphatic heterocycles. The van der Waals surface area contributed by atoms with Gasteiger partial charge in [-0.3, -0.25) is 9.79 Å². The molecule has 15 heavy (non-hydrogen) atoms. The minimum absolute atomic E-state index is 0.0708. The topological polar surface area (TPSA) is 117 Å². The van der Waals surface area contributed by atoms with Gasteiger partial charge in [-0.05, 0) is 12.8 Å². The summed E-state index contributed by atoms with van der Waals surface area (Å²) in [6, 6.07) is 0.0908. The summed E-state index contributed by atoms with van der Waals surface area (Å²) in [5.41, 5.74) is 16.0. The normalized spacial score (nSPS) is 20.3. The largest absolute Gasteiger partial charge is 0.404 e. The van der Waals surface area contributed by atoms with Gasteiger partial charge in [-0.25, -0.2) is 0 Å². The first kappa shape index (κ1) is 11.5. The molecule has 0 bridgehead atoms. The SMILES string of the molecule is NC=C(C(N)=O)C(N)=NC1CCOCC1. The van der Waals surface area contributed by atoms with Crippen LogP contribution >= 0.6 is 0 Å². The van der Waals surface area contributed by atoms with Crippen LogP contribution in [0.5, 0.6) is 0 Å². The predicted molar refractivity (Wildman–Crippen MR) is 56.9 cm³/mol. The second kappa shape index (κ2) is 5.35. The van der Waals surface area contributed by atoms with Crippen molar-refractivity contribution in [1.29, 1.82) is 0 Å². The Morgan fingerprint density at radius 3 is 2.40 bits per heavy atom. The number of carbonyl (C=O) groups is 1. The van der Waals surface area contributed by atoms with E-state index in [4.69, 9.17) is 21.9 Å². The number of ether oxygens (including phenoxy) is 1. The Kier molecular flexibility index (Phi) is 4.11. The third-order valence-electron chi connectivity index (χ3n) is 2.22. The van der Waals surface area contributed by atoms with Crippen molar-refractivity contribution in [1.82, 2.24) is 0 Å². The molecule has 0 aromatic carbocycles. The van der Waals surface area contributed by atoms with Gasteiger partial charge in [-0.15, -0.1) is 0 Å². The van der Waals surface area contributed by atoms with Crippen molar-refractivity contribution in [3.63, 3.8) is 0 Å². The first-order valence-corrected chi connectivity index (χ1v) is 4.78. The van der Waals surface area contributed by atoms with E-state index in [-0.39, 0.29) is 17.5 Å². The lowest BCUT2D eigenvalue weighted by Crippen LogP contribution is -2.30. The number of hydrogen-bond acceptors (Lipinski definition) is 4. The summed E-state index contributed by atoms with van der Waals surface area (Å²) in [5, 5.41) is 0. The third kappa shape index (κ3) is 3.25. The molecule has 6 heteroatoms. The molecule has 84 valence electrons. The molecular weight excluding hydrogens is 196 g/mol. The van der Waals surface area contributed by atoms with Crippen molar-refractivity contribution in [2.75, 3.05) is 13.2 Å². The fourth-order valence-corrected chi connectivity index (χ4v) is 1.37. The molecule has 6 N–H and O–H groups in total. The van der Waals surface area contributed by atoms with Gasteiger partial charge in [-0.2, -0.15) is 0 Å². The van der Waals surface area contributed by atoms with Crippen LogP contribution in [0.3, 0.4) is 0 Å². The van der Waals surface area contributed by atoms with E-state index in [1.54, 1.807) is 0 Å². The van der Waals surface area contributed by atoms with E-state index in [2.05, 4.69) is 4.99 Å². The molecule has 1 amide bonds. The van der Waals surface area contributed by atoms with Crippen LogP contribution in [0.25, 0.3) is 0 Å². The second-order valence-corrected chi connectivity index (χ2v) is 3.30. The number of hydrogen-bond donors (Lipinski definition) is 3. The van der Waals surface area contributed by atoms with Crippen molar-refractivity contribution < 1.29 is 9.53 Å². The van der Waals surface area contributed by atoms with Crippen LogP contribution in [0.15, 0.2) is 16.8 Å². The Labute approximate surface area is 88.2 Å². The summed E-state index contributed by atoms with van der Waals surface area (Å²) < 4.78 is 5.17. The Bertz CT molecular complexity index is 292. The molecule has 0 saturated carbocycles. The molecule has 0 atom stereocenters. The van der Waals surface area contributed by atoms with Crippen LogP contribution in [0.2, 0.25) is 0 Å². The quantitative estimate of drug-likeness (QED) is 0.311. The maximum absolute atomic E-state index is 10.9. The van der Waals surface area contributed by atoms with Gasteiger partial charge in [0.1, 0.15) is 5.84 Å². The number of rotatable bonds is 3. The first-order chi connectivity index (χ1) is 7.15. The molecule has 1 rings (SSSR count). The molecule has 1 saturated heterocycles. The molecule has 1 aliphatic rings. The van der Waals surface area contributed by atoms with E-state index in [1.807, 2.05) is 0 Å². The van der Waals surface area contributed by atoms with Gasteiger partial charge in [0.15, 0.2) is 0 Å². The molecule has 0 spiro atoms. The number of nitrogens with zero attached hydrogens (tertiary/aromatic N) is 1. The fourth-order valence-electron chi connectivity index (χ4n) is 1.37. The Hall–Kier alpha value is -1.56. The van der Waals surface area contributed by atoms with Crippen LogP contribution in [0.1, 0.15) is 12.8 Å².